The SMILES string of the molecule is COc1ccc2c(c1)nc(CNC(=O)N(C)C(C1CC1)C1CC1)n2C. The predicted molar refractivity (Wildman–Crippen MR) is 96.5 cm³/mol. The molecule has 0 aliphatic heterocycles. The lowest BCUT2D eigenvalue weighted by molar-refractivity contribution is 0.173. The van der Waals surface area contributed by atoms with Gasteiger partial charge in [0.25, 0.3) is 0 Å². The number of urea groups is 1. The van der Waals surface area contributed by atoms with E-state index < -0.39 is 0 Å². The molecule has 1 aromatic carbocycles. The van der Waals surface area contributed by atoms with E-state index in [1.54, 1.807) is 7.11 Å². The van der Waals surface area contributed by atoms with Crippen molar-refractivity contribution in [2.45, 2.75) is 38.3 Å². The van der Waals surface area contributed by atoms with Crippen LogP contribution in [0.3, 0.4) is 0 Å². The zero-order valence-electron chi connectivity index (χ0n) is 15.2. The number of benzene rings is 1. The fourth-order valence-corrected chi connectivity index (χ4v) is 3.82. The fraction of sp³-hybridized carbons (Fsp3) is 0.579. The van der Waals surface area contributed by atoms with Crippen LogP contribution in [-0.4, -0.2) is 40.7 Å². The van der Waals surface area contributed by atoms with Crippen LogP contribution in [0.4, 0.5) is 4.79 Å². The predicted octanol–water partition coefficient (Wildman–Crippen LogP) is 2.91. The molecule has 2 saturated carbocycles. The molecule has 2 aliphatic rings. The maximum Gasteiger partial charge on any atom is 0.317 e. The summed E-state index contributed by atoms with van der Waals surface area (Å²) in [7, 11) is 5.57. The smallest absolute Gasteiger partial charge is 0.317 e. The molecule has 4 rings (SSSR count). The number of hydrogen-bond acceptors (Lipinski definition) is 3. The van der Waals surface area contributed by atoms with E-state index in [0.29, 0.717) is 24.4 Å². The Kier molecular flexibility index (Phi) is 4.06. The molecule has 2 amide bonds. The maximum absolute atomic E-state index is 12.6. The van der Waals surface area contributed by atoms with Crippen LogP contribution in [0.2, 0.25) is 0 Å². The van der Waals surface area contributed by atoms with Crippen LogP contribution in [0.1, 0.15) is 31.5 Å². The highest BCUT2D eigenvalue weighted by Gasteiger charge is 2.44. The molecule has 2 aromatic rings. The number of aromatic nitrogens is 2. The third-order valence-corrected chi connectivity index (χ3v) is 5.56. The van der Waals surface area contributed by atoms with E-state index in [4.69, 9.17) is 4.74 Å². The number of hydrogen-bond donors (Lipinski definition) is 1. The van der Waals surface area contributed by atoms with Crippen LogP contribution in [0.25, 0.3) is 11.0 Å². The average Bonchev–Trinajstić information content (AvgIpc) is 3.53. The Morgan fingerprint density at radius 3 is 2.64 bits per heavy atom. The fourth-order valence-electron chi connectivity index (χ4n) is 3.82. The molecule has 2 aliphatic carbocycles. The Balaban J connectivity index is 1.44. The van der Waals surface area contributed by atoms with Gasteiger partial charge in [0.05, 0.1) is 24.7 Å². The molecule has 0 radical (unpaired) electrons. The number of imidazole rings is 1. The van der Waals surface area contributed by atoms with Crippen molar-refractivity contribution in [2.75, 3.05) is 14.2 Å². The Morgan fingerprint density at radius 2 is 2.04 bits per heavy atom. The lowest BCUT2D eigenvalue weighted by Gasteiger charge is -2.28. The van der Waals surface area contributed by atoms with E-state index in [9.17, 15) is 4.79 Å². The number of methoxy groups -OCH3 is 1. The molecular weight excluding hydrogens is 316 g/mol. The Hall–Kier alpha value is -2.24. The number of rotatable bonds is 6. The van der Waals surface area contributed by atoms with Gasteiger partial charge in [-0.2, -0.15) is 0 Å². The van der Waals surface area contributed by atoms with Gasteiger partial charge in [-0.3, -0.25) is 0 Å². The van der Waals surface area contributed by atoms with Crippen molar-refractivity contribution in [1.29, 1.82) is 0 Å². The second-order valence-corrected chi connectivity index (χ2v) is 7.38. The molecule has 6 nitrogen and oxygen atoms in total. The summed E-state index contributed by atoms with van der Waals surface area (Å²) in [4.78, 5) is 19.2. The lowest BCUT2D eigenvalue weighted by atomic mass is 10.1. The Labute approximate surface area is 148 Å². The normalized spacial score (nSPS) is 17.1. The average molecular weight is 342 g/mol. The van der Waals surface area contributed by atoms with Crippen molar-refractivity contribution in [1.82, 2.24) is 19.8 Å². The molecule has 0 atom stereocenters. The number of carbonyl (C=O) groups excluding carboxylic acids is 1. The molecule has 134 valence electrons. The summed E-state index contributed by atoms with van der Waals surface area (Å²) in [5.41, 5.74) is 1.92. The summed E-state index contributed by atoms with van der Waals surface area (Å²) < 4.78 is 7.28. The summed E-state index contributed by atoms with van der Waals surface area (Å²) in [6.45, 7) is 0.429. The van der Waals surface area contributed by atoms with Crippen LogP contribution in [0.5, 0.6) is 5.75 Å². The molecule has 0 unspecified atom stereocenters. The quantitative estimate of drug-likeness (QED) is 0.878. The summed E-state index contributed by atoms with van der Waals surface area (Å²) >= 11 is 0. The van der Waals surface area contributed by atoms with Crippen molar-refractivity contribution in [2.24, 2.45) is 18.9 Å². The number of ether oxygens (including phenoxy) is 1. The van der Waals surface area contributed by atoms with E-state index in [-0.39, 0.29) is 6.03 Å². The Morgan fingerprint density at radius 1 is 1.36 bits per heavy atom. The van der Waals surface area contributed by atoms with Crippen LogP contribution >= 0.6 is 0 Å². The molecule has 1 aromatic heterocycles. The molecule has 0 spiro atoms. The number of carbonyl (C=O) groups is 1. The van der Waals surface area contributed by atoms with E-state index in [0.717, 1.165) is 22.6 Å². The maximum atomic E-state index is 12.6. The molecule has 0 saturated heterocycles. The van der Waals surface area contributed by atoms with Gasteiger partial charge in [0, 0.05) is 26.2 Å². The van der Waals surface area contributed by atoms with Crippen LogP contribution < -0.4 is 10.1 Å². The van der Waals surface area contributed by atoms with Gasteiger partial charge in [-0.05, 0) is 49.7 Å². The van der Waals surface area contributed by atoms with E-state index in [1.807, 2.05) is 41.8 Å². The zero-order valence-corrected chi connectivity index (χ0v) is 15.2. The van der Waals surface area contributed by atoms with E-state index in [1.165, 1.54) is 25.7 Å². The van der Waals surface area contributed by atoms with Gasteiger partial charge in [-0.25, -0.2) is 9.78 Å². The molecule has 2 fully saturated rings. The van der Waals surface area contributed by atoms with Crippen LogP contribution in [-0.2, 0) is 13.6 Å². The highest BCUT2D eigenvalue weighted by Crippen LogP contribution is 2.46. The number of fused-ring (bicyclic) bond motifs is 1. The monoisotopic (exact) mass is 342 g/mol. The summed E-state index contributed by atoms with van der Waals surface area (Å²) in [5.74, 6) is 3.06. The van der Waals surface area contributed by atoms with E-state index in [2.05, 4.69) is 10.3 Å². The van der Waals surface area contributed by atoms with Crippen molar-refractivity contribution in [3.63, 3.8) is 0 Å². The number of nitrogens with one attached hydrogen (secondary N) is 1. The summed E-state index contributed by atoms with van der Waals surface area (Å²) in [6, 6.07) is 6.27. The standard InChI is InChI=1S/C19H26N4O2/c1-22-16-9-8-14(25-3)10-15(16)21-17(22)11-20-19(24)23(2)18(12-4-5-12)13-6-7-13/h8-10,12-13,18H,4-7,11H2,1-3H3,(H,20,24). The second-order valence-electron chi connectivity index (χ2n) is 7.38. The second kappa shape index (κ2) is 6.24. The highest BCUT2D eigenvalue weighted by atomic mass is 16.5. The molecule has 25 heavy (non-hydrogen) atoms. The Bertz CT molecular complexity index is 780. The van der Waals surface area contributed by atoms with Gasteiger partial charge in [0.1, 0.15) is 11.6 Å². The van der Waals surface area contributed by atoms with Gasteiger partial charge in [-0.1, -0.05) is 0 Å². The minimum atomic E-state index is 0.00781. The zero-order chi connectivity index (χ0) is 17.6. The minimum absolute atomic E-state index is 0.00781. The van der Waals surface area contributed by atoms with Gasteiger partial charge >= 0.3 is 6.03 Å². The van der Waals surface area contributed by atoms with Crippen LogP contribution in [0.15, 0.2) is 18.2 Å². The summed E-state index contributed by atoms with van der Waals surface area (Å²) in [5, 5.41) is 3.05. The minimum Gasteiger partial charge on any atom is -0.497 e. The van der Waals surface area contributed by atoms with Crippen molar-refractivity contribution < 1.29 is 9.53 Å². The molecular formula is C19H26N4O2. The third kappa shape index (κ3) is 3.17. The molecule has 0 bridgehead atoms. The topological polar surface area (TPSA) is 59.4 Å². The van der Waals surface area contributed by atoms with Crippen LogP contribution in [0, 0.1) is 11.8 Å². The van der Waals surface area contributed by atoms with Gasteiger partial charge < -0.3 is 19.5 Å². The first-order valence-corrected chi connectivity index (χ1v) is 9.08. The summed E-state index contributed by atoms with van der Waals surface area (Å²) in [6.07, 6.45) is 5.08. The van der Waals surface area contributed by atoms with Crippen molar-refractivity contribution in [3.05, 3.63) is 24.0 Å². The van der Waals surface area contributed by atoms with Gasteiger partial charge in [0.15, 0.2) is 0 Å². The first kappa shape index (κ1) is 16.2. The molecule has 6 heteroatoms. The molecule has 1 N–H and O–H groups in total. The third-order valence-electron chi connectivity index (χ3n) is 5.56. The lowest BCUT2D eigenvalue weighted by Crippen LogP contribution is -2.45. The van der Waals surface area contributed by atoms with Gasteiger partial charge in [0.2, 0.25) is 0 Å². The largest absolute Gasteiger partial charge is 0.497 e. The number of nitrogens with zero attached hydrogens (tertiary/aromatic N) is 3. The van der Waals surface area contributed by atoms with Gasteiger partial charge in [-0.15, -0.1) is 0 Å². The van der Waals surface area contributed by atoms with E-state index >= 15 is 0 Å². The number of amides is 2. The highest BCUT2D eigenvalue weighted by molar-refractivity contribution is 5.78. The van der Waals surface area contributed by atoms with Crippen molar-refractivity contribution >= 4 is 17.1 Å². The molecule has 1 heterocycles. The number of aryl methyl sites for hydroxylation is 1. The first-order chi connectivity index (χ1) is 12.1. The van der Waals surface area contributed by atoms with Crippen molar-refractivity contribution in [3.8, 4) is 5.75 Å². The first-order valence-electron chi connectivity index (χ1n) is 9.08.